The van der Waals surface area contributed by atoms with Gasteiger partial charge in [-0.2, -0.15) is 0 Å². The standard InChI is InChI=1S/C12H14O/c1-2-4-6-5-3(1)7-8(4)12-10(6)9(5)11(7)13-12/h3-12H,1-2H2. The second kappa shape index (κ2) is 1.32. The average Bonchev–Trinajstić information content (AvgIpc) is 2.65. The van der Waals surface area contributed by atoms with Gasteiger partial charge in [-0.3, -0.25) is 0 Å². The van der Waals surface area contributed by atoms with Crippen LogP contribution in [0.25, 0.3) is 0 Å². The van der Waals surface area contributed by atoms with Gasteiger partial charge in [0, 0.05) is 0 Å². The highest BCUT2D eigenvalue weighted by Crippen LogP contribution is 2.84. The lowest BCUT2D eigenvalue weighted by molar-refractivity contribution is -0.0707. The van der Waals surface area contributed by atoms with Crippen LogP contribution < -0.4 is 0 Å². The third-order valence-corrected chi connectivity index (χ3v) is 6.86. The van der Waals surface area contributed by atoms with Crippen LogP contribution in [0.15, 0.2) is 0 Å². The van der Waals surface area contributed by atoms with Crippen LogP contribution in [0.1, 0.15) is 12.8 Å². The molecule has 0 spiro atoms. The zero-order valence-corrected chi connectivity index (χ0v) is 7.60. The molecule has 10 unspecified atom stereocenters. The number of hydrogen-bond donors (Lipinski definition) is 0. The molecular formula is C12H14O. The van der Waals surface area contributed by atoms with Crippen LogP contribution in [-0.2, 0) is 4.74 Å². The van der Waals surface area contributed by atoms with Crippen LogP contribution in [0.4, 0.5) is 0 Å². The van der Waals surface area contributed by atoms with Crippen LogP contribution in [0, 0.1) is 47.3 Å². The van der Waals surface area contributed by atoms with E-state index in [-0.39, 0.29) is 0 Å². The van der Waals surface area contributed by atoms with E-state index in [2.05, 4.69) is 0 Å². The van der Waals surface area contributed by atoms with Gasteiger partial charge in [0.15, 0.2) is 0 Å². The molecule has 1 heteroatoms. The van der Waals surface area contributed by atoms with E-state index in [1.807, 2.05) is 0 Å². The zero-order chi connectivity index (χ0) is 7.89. The third-order valence-electron chi connectivity index (χ3n) is 6.86. The van der Waals surface area contributed by atoms with Crippen LogP contribution in [0.5, 0.6) is 0 Å². The van der Waals surface area contributed by atoms with Crippen molar-refractivity contribution in [2.75, 3.05) is 0 Å². The molecule has 13 heavy (non-hydrogen) atoms. The lowest BCUT2D eigenvalue weighted by Crippen LogP contribution is -2.50. The molecular weight excluding hydrogens is 160 g/mol. The molecule has 7 fully saturated rings. The van der Waals surface area contributed by atoms with Crippen molar-refractivity contribution in [2.24, 2.45) is 47.3 Å². The molecule has 0 N–H and O–H groups in total. The van der Waals surface area contributed by atoms with Gasteiger partial charge in [0.1, 0.15) is 0 Å². The van der Waals surface area contributed by atoms with Crippen molar-refractivity contribution >= 4 is 0 Å². The van der Waals surface area contributed by atoms with Crippen LogP contribution in [0.2, 0.25) is 0 Å². The highest BCUT2D eigenvalue weighted by atomic mass is 16.5. The van der Waals surface area contributed by atoms with E-state index in [0.717, 1.165) is 47.7 Å². The predicted molar refractivity (Wildman–Crippen MR) is 45.8 cm³/mol. The van der Waals surface area contributed by atoms with Gasteiger partial charge in [0.05, 0.1) is 12.2 Å². The van der Waals surface area contributed by atoms with Gasteiger partial charge in [-0.25, -0.2) is 0 Å². The summed E-state index contributed by atoms with van der Waals surface area (Å²) in [5.74, 6) is 8.89. The Morgan fingerprint density at radius 3 is 1.69 bits per heavy atom. The second-order valence-electron chi connectivity index (χ2n) is 6.43. The first-order chi connectivity index (χ1) is 6.47. The summed E-state index contributed by atoms with van der Waals surface area (Å²) in [4.78, 5) is 0. The summed E-state index contributed by atoms with van der Waals surface area (Å²) < 4.78 is 6.25. The molecule has 4 bridgehead atoms. The van der Waals surface area contributed by atoms with Gasteiger partial charge in [-0.15, -0.1) is 0 Å². The Bertz CT molecular complexity index is 298. The first-order valence-corrected chi connectivity index (χ1v) is 6.12. The fourth-order valence-electron chi connectivity index (χ4n) is 7.12. The zero-order valence-electron chi connectivity index (χ0n) is 7.60. The van der Waals surface area contributed by atoms with E-state index >= 15 is 0 Å². The Morgan fingerprint density at radius 2 is 1.15 bits per heavy atom. The van der Waals surface area contributed by atoms with Gasteiger partial charge in [-0.05, 0) is 60.2 Å². The lowest BCUT2D eigenvalue weighted by Gasteiger charge is -2.54. The largest absolute Gasteiger partial charge is 0.374 e. The van der Waals surface area contributed by atoms with Crippen molar-refractivity contribution < 1.29 is 4.74 Å². The van der Waals surface area contributed by atoms with Crippen LogP contribution in [-0.4, -0.2) is 12.2 Å². The Hall–Kier alpha value is -0.0400. The Kier molecular flexibility index (Phi) is 0.585. The van der Waals surface area contributed by atoms with E-state index < -0.39 is 0 Å². The van der Waals surface area contributed by atoms with Crippen LogP contribution >= 0.6 is 0 Å². The molecule has 7 aliphatic rings. The highest BCUT2D eigenvalue weighted by Gasteiger charge is 2.85. The predicted octanol–water partition coefficient (Wildman–Crippen LogP) is 1.53. The maximum Gasteiger partial charge on any atom is 0.0648 e. The molecule has 7 rings (SSSR count). The third kappa shape index (κ3) is 0.319. The van der Waals surface area contributed by atoms with E-state index in [4.69, 9.17) is 4.74 Å². The van der Waals surface area contributed by atoms with Gasteiger partial charge < -0.3 is 4.74 Å². The van der Waals surface area contributed by atoms with Crippen LogP contribution in [0.3, 0.4) is 0 Å². The molecule has 0 aromatic heterocycles. The monoisotopic (exact) mass is 174 g/mol. The highest BCUT2D eigenvalue weighted by molar-refractivity contribution is 5.32. The summed E-state index contributed by atoms with van der Waals surface area (Å²) in [6.07, 6.45) is 4.69. The normalized spacial score (nSPS) is 88.6. The SMILES string of the molecule is C1CC2C3C4OC5C3C1C1C2C4C51. The molecule has 2 aliphatic heterocycles. The molecule has 68 valence electrons. The molecule has 5 aliphatic carbocycles. The first-order valence-electron chi connectivity index (χ1n) is 6.12. The van der Waals surface area contributed by atoms with Gasteiger partial charge >= 0.3 is 0 Å². The minimum atomic E-state index is 0.775. The number of ether oxygens (including phenoxy) is 1. The fraction of sp³-hybridized carbons (Fsp3) is 1.00. The Balaban J connectivity index is 1.78. The molecule has 0 amide bonds. The molecule has 1 nitrogen and oxygen atoms in total. The molecule has 2 heterocycles. The lowest BCUT2D eigenvalue weighted by atomic mass is 9.50. The summed E-state index contributed by atoms with van der Waals surface area (Å²) in [6.45, 7) is 0. The minimum Gasteiger partial charge on any atom is -0.374 e. The maximum absolute atomic E-state index is 6.25. The van der Waals surface area contributed by atoms with E-state index in [0.29, 0.717) is 0 Å². The minimum absolute atomic E-state index is 0.775. The number of hydrogen-bond acceptors (Lipinski definition) is 1. The summed E-state index contributed by atoms with van der Waals surface area (Å²) in [6, 6.07) is 0. The summed E-state index contributed by atoms with van der Waals surface area (Å²) in [5, 5.41) is 0. The second-order valence-corrected chi connectivity index (χ2v) is 6.43. The molecule has 0 radical (unpaired) electrons. The van der Waals surface area contributed by atoms with Gasteiger partial charge in [0.2, 0.25) is 0 Å². The topological polar surface area (TPSA) is 9.23 Å². The molecule has 10 atom stereocenters. The summed E-state index contributed by atoms with van der Waals surface area (Å²) >= 11 is 0. The first kappa shape index (κ1) is 5.75. The van der Waals surface area contributed by atoms with E-state index in [1.54, 1.807) is 12.8 Å². The smallest absolute Gasteiger partial charge is 0.0648 e. The number of fused-ring (bicyclic) bond motifs is 1. The quantitative estimate of drug-likeness (QED) is 0.541. The molecule has 5 saturated carbocycles. The summed E-state index contributed by atoms with van der Waals surface area (Å²) in [5.41, 5.74) is 0. The summed E-state index contributed by atoms with van der Waals surface area (Å²) in [7, 11) is 0. The van der Waals surface area contributed by atoms with Crippen molar-refractivity contribution in [3.63, 3.8) is 0 Å². The molecule has 0 aromatic carbocycles. The van der Waals surface area contributed by atoms with Crippen molar-refractivity contribution in [2.45, 2.75) is 25.0 Å². The van der Waals surface area contributed by atoms with Crippen molar-refractivity contribution in [1.82, 2.24) is 0 Å². The Labute approximate surface area is 77.8 Å². The van der Waals surface area contributed by atoms with E-state index in [9.17, 15) is 0 Å². The maximum atomic E-state index is 6.25. The molecule has 0 aromatic rings. The van der Waals surface area contributed by atoms with Crippen molar-refractivity contribution in [3.05, 3.63) is 0 Å². The molecule has 2 saturated heterocycles. The Morgan fingerprint density at radius 1 is 0.615 bits per heavy atom. The van der Waals surface area contributed by atoms with Gasteiger partial charge in [0.25, 0.3) is 0 Å². The fourth-order valence-corrected chi connectivity index (χ4v) is 7.12. The van der Waals surface area contributed by atoms with Gasteiger partial charge in [-0.1, -0.05) is 0 Å². The van der Waals surface area contributed by atoms with Crippen molar-refractivity contribution in [3.8, 4) is 0 Å². The average molecular weight is 174 g/mol. The van der Waals surface area contributed by atoms with E-state index in [1.165, 1.54) is 11.8 Å². The number of rotatable bonds is 0. The van der Waals surface area contributed by atoms with Crippen molar-refractivity contribution in [1.29, 1.82) is 0 Å².